The van der Waals surface area contributed by atoms with Gasteiger partial charge in [0.15, 0.2) is 0 Å². The fourth-order valence-electron chi connectivity index (χ4n) is 5.72. The minimum Gasteiger partial charge on any atom is -0.355 e. The summed E-state index contributed by atoms with van der Waals surface area (Å²) >= 11 is 1.60. The van der Waals surface area contributed by atoms with Gasteiger partial charge in [-0.15, -0.1) is 11.3 Å². The predicted octanol–water partition coefficient (Wildman–Crippen LogP) is 3.67. The Bertz CT molecular complexity index is 732. The lowest BCUT2D eigenvalue weighted by atomic mass is 9.49. The van der Waals surface area contributed by atoms with E-state index in [0.717, 1.165) is 41.9 Å². The molecule has 2 aromatic heterocycles. The third kappa shape index (κ3) is 2.80. The molecule has 0 saturated heterocycles. The molecule has 4 saturated carbocycles. The van der Waals surface area contributed by atoms with E-state index in [1.54, 1.807) is 11.3 Å². The predicted molar refractivity (Wildman–Crippen MR) is 94.9 cm³/mol. The Labute approximate surface area is 151 Å². The van der Waals surface area contributed by atoms with Crippen molar-refractivity contribution in [3.8, 4) is 10.7 Å². The number of aromatic nitrogens is 2. The summed E-state index contributed by atoms with van der Waals surface area (Å²) in [6, 6.07) is 3.95. The van der Waals surface area contributed by atoms with Crippen molar-refractivity contribution in [2.45, 2.75) is 44.9 Å². The molecule has 132 valence electrons. The van der Waals surface area contributed by atoms with Gasteiger partial charge in [-0.1, -0.05) is 11.2 Å². The summed E-state index contributed by atoms with van der Waals surface area (Å²) in [5.74, 6) is 3.88. The molecule has 1 amide bonds. The minimum absolute atomic E-state index is 0.0777. The SMILES string of the molecule is O=C(NCCc1nc(-c2cccs2)no1)C12CC3CC(CC(C3)C1)C2. The standard InChI is InChI=1S/C19H23N3O2S/c23-18(19-9-12-6-13(10-19)8-14(7-12)11-19)20-4-3-16-21-17(22-24-16)15-2-1-5-25-15/h1-2,5,12-14H,3-4,6-11H2,(H,20,23). The van der Waals surface area contributed by atoms with Crippen LogP contribution in [0.4, 0.5) is 0 Å². The molecule has 4 aliphatic carbocycles. The molecule has 2 heterocycles. The van der Waals surface area contributed by atoms with Crippen LogP contribution in [0.3, 0.4) is 0 Å². The Morgan fingerprint density at radius 1 is 1.24 bits per heavy atom. The van der Waals surface area contributed by atoms with Gasteiger partial charge in [0, 0.05) is 18.4 Å². The Morgan fingerprint density at radius 2 is 1.96 bits per heavy atom. The van der Waals surface area contributed by atoms with Crippen molar-refractivity contribution in [1.82, 2.24) is 15.5 Å². The number of rotatable bonds is 5. The van der Waals surface area contributed by atoms with Gasteiger partial charge in [-0.2, -0.15) is 4.98 Å². The average molecular weight is 357 g/mol. The first-order valence-electron chi connectivity index (χ1n) is 9.35. The van der Waals surface area contributed by atoms with Crippen molar-refractivity contribution < 1.29 is 9.32 Å². The van der Waals surface area contributed by atoms with Crippen LogP contribution in [0, 0.1) is 23.2 Å². The van der Waals surface area contributed by atoms with E-state index in [2.05, 4.69) is 15.5 Å². The molecule has 6 rings (SSSR count). The highest BCUT2D eigenvalue weighted by Crippen LogP contribution is 2.60. The summed E-state index contributed by atoms with van der Waals surface area (Å²) in [6.45, 7) is 0.576. The molecule has 1 N–H and O–H groups in total. The normalized spacial score (nSPS) is 32.9. The zero-order valence-corrected chi connectivity index (χ0v) is 15.1. The van der Waals surface area contributed by atoms with Crippen LogP contribution in [0.15, 0.2) is 22.0 Å². The third-order valence-corrected chi connectivity index (χ3v) is 7.22. The molecule has 4 fully saturated rings. The van der Waals surface area contributed by atoms with Crippen molar-refractivity contribution in [2.24, 2.45) is 23.2 Å². The number of hydrogen-bond donors (Lipinski definition) is 1. The van der Waals surface area contributed by atoms with E-state index in [0.29, 0.717) is 24.7 Å². The maximum atomic E-state index is 12.9. The molecule has 0 aliphatic heterocycles. The summed E-state index contributed by atoms with van der Waals surface area (Å²) in [5, 5.41) is 9.19. The zero-order chi connectivity index (χ0) is 16.9. The van der Waals surface area contributed by atoms with Crippen LogP contribution in [-0.4, -0.2) is 22.6 Å². The Kier molecular flexibility index (Phi) is 3.69. The van der Waals surface area contributed by atoms with Gasteiger partial charge in [0.05, 0.1) is 4.88 Å². The molecule has 0 radical (unpaired) electrons. The summed E-state index contributed by atoms with van der Waals surface area (Å²) in [6.07, 6.45) is 7.99. The van der Waals surface area contributed by atoms with Gasteiger partial charge in [-0.05, 0) is 67.7 Å². The second kappa shape index (κ2) is 5.94. The molecular formula is C19H23N3O2S. The number of nitrogens with one attached hydrogen (secondary N) is 1. The molecule has 0 aromatic carbocycles. The Hall–Kier alpha value is -1.69. The van der Waals surface area contributed by atoms with Gasteiger partial charge >= 0.3 is 0 Å². The van der Waals surface area contributed by atoms with E-state index in [9.17, 15) is 4.79 Å². The molecule has 0 spiro atoms. The lowest BCUT2D eigenvalue weighted by molar-refractivity contribution is -0.146. The fourth-order valence-corrected chi connectivity index (χ4v) is 6.37. The second-order valence-electron chi connectivity index (χ2n) is 8.19. The van der Waals surface area contributed by atoms with E-state index in [4.69, 9.17) is 4.52 Å². The van der Waals surface area contributed by atoms with Gasteiger partial charge in [-0.25, -0.2) is 0 Å². The van der Waals surface area contributed by atoms with Gasteiger partial charge < -0.3 is 9.84 Å². The van der Waals surface area contributed by atoms with Crippen molar-refractivity contribution in [3.63, 3.8) is 0 Å². The first kappa shape index (κ1) is 15.6. The van der Waals surface area contributed by atoms with Crippen molar-refractivity contribution in [3.05, 3.63) is 23.4 Å². The van der Waals surface area contributed by atoms with E-state index in [1.807, 2.05) is 17.5 Å². The third-order valence-electron chi connectivity index (χ3n) is 6.35. The van der Waals surface area contributed by atoms with E-state index >= 15 is 0 Å². The van der Waals surface area contributed by atoms with Crippen molar-refractivity contribution >= 4 is 17.2 Å². The average Bonchev–Trinajstić information content (AvgIpc) is 3.25. The summed E-state index contributed by atoms with van der Waals surface area (Å²) in [5.41, 5.74) is -0.0777. The minimum atomic E-state index is -0.0777. The van der Waals surface area contributed by atoms with E-state index in [1.165, 1.54) is 19.3 Å². The first-order valence-corrected chi connectivity index (χ1v) is 10.2. The highest BCUT2D eigenvalue weighted by atomic mass is 32.1. The number of nitrogens with zero attached hydrogens (tertiary/aromatic N) is 2. The van der Waals surface area contributed by atoms with Gasteiger partial charge in [-0.3, -0.25) is 4.79 Å². The fraction of sp³-hybridized carbons (Fsp3) is 0.632. The number of carbonyl (C=O) groups excluding carboxylic acids is 1. The Morgan fingerprint density at radius 3 is 2.60 bits per heavy atom. The number of thiophene rings is 1. The molecule has 6 heteroatoms. The second-order valence-corrected chi connectivity index (χ2v) is 9.14. The van der Waals surface area contributed by atoms with Crippen LogP contribution >= 0.6 is 11.3 Å². The molecule has 4 bridgehead atoms. The summed E-state index contributed by atoms with van der Waals surface area (Å²) < 4.78 is 5.31. The maximum Gasteiger partial charge on any atom is 0.228 e. The monoisotopic (exact) mass is 357 g/mol. The van der Waals surface area contributed by atoms with Crippen LogP contribution < -0.4 is 5.32 Å². The maximum absolute atomic E-state index is 12.9. The Balaban J connectivity index is 1.19. The highest BCUT2D eigenvalue weighted by molar-refractivity contribution is 7.13. The summed E-state index contributed by atoms with van der Waals surface area (Å²) in [4.78, 5) is 18.3. The molecular weight excluding hydrogens is 334 g/mol. The van der Waals surface area contributed by atoms with Gasteiger partial charge in [0.25, 0.3) is 0 Å². The quantitative estimate of drug-likeness (QED) is 0.886. The molecule has 25 heavy (non-hydrogen) atoms. The molecule has 0 atom stereocenters. The van der Waals surface area contributed by atoms with Crippen LogP contribution in [0.5, 0.6) is 0 Å². The van der Waals surface area contributed by atoms with Gasteiger partial charge in [0.1, 0.15) is 0 Å². The number of carbonyl (C=O) groups is 1. The topological polar surface area (TPSA) is 68.0 Å². The van der Waals surface area contributed by atoms with E-state index in [-0.39, 0.29) is 11.3 Å². The van der Waals surface area contributed by atoms with Crippen LogP contribution in [0.1, 0.15) is 44.4 Å². The van der Waals surface area contributed by atoms with Crippen LogP contribution in [0.25, 0.3) is 10.7 Å². The molecule has 0 unspecified atom stereocenters. The van der Waals surface area contributed by atoms with Crippen LogP contribution in [0.2, 0.25) is 0 Å². The highest BCUT2D eigenvalue weighted by Gasteiger charge is 2.54. The molecule has 5 nitrogen and oxygen atoms in total. The van der Waals surface area contributed by atoms with Crippen molar-refractivity contribution in [1.29, 1.82) is 0 Å². The molecule has 4 aliphatic rings. The van der Waals surface area contributed by atoms with Crippen molar-refractivity contribution in [2.75, 3.05) is 6.54 Å². The lowest BCUT2D eigenvalue weighted by Crippen LogP contribution is -2.53. The number of amides is 1. The lowest BCUT2D eigenvalue weighted by Gasteiger charge is -2.55. The number of hydrogen-bond acceptors (Lipinski definition) is 5. The summed E-state index contributed by atoms with van der Waals surface area (Å²) in [7, 11) is 0. The van der Waals surface area contributed by atoms with Gasteiger partial charge in [0.2, 0.25) is 17.6 Å². The van der Waals surface area contributed by atoms with Crippen LogP contribution in [-0.2, 0) is 11.2 Å². The zero-order valence-electron chi connectivity index (χ0n) is 14.2. The largest absolute Gasteiger partial charge is 0.355 e. The van der Waals surface area contributed by atoms with E-state index < -0.39 is 0 Å². The smallest absolute Gasteiger partial charge is 0.228 e. The molecule has 2 aromatic rings. The first-order chi connectivity index (χ1) is 12.2.